The second-order valence-corrected chi connectivity index (χ2v) is 8.17. The van der Waals surface area contributed by atoms with Crippen molar-refractivity contribution in [3.8, 4) is 5.75 Å². The molecule has 3 amide bonds. The van der Waals surface area contributed by atoms with Crippen molar-refractivity contribution < 1.29 is 19.1 Å². The Labute approximate surface area is 201 Å². The van der Waals surface area contributed by atoms with Crippen molar-refractivity contribution in [2.45, 2.75) is 19.3 Å². The summed E-state index contributed by atoms with van der Waals surface area (Å²) in [7, 11) is 1.49. The molecule has 174 valence electrons. The number of piperidine rings is 1. The van der Waals surface area contributed by atoms with Crippen LogP contribution in [0, 0.1) is 0 Å². The summed E-state index contributed by atoms with van der Waals surface area (Å²) in [6.07, 6.45) is 3.83. The molecule has 4 rings (SSSR count). The molecule has 2 N–H and O–H groups in total. The monoisotopic (exact) mass is 478 g/mol. The molecule has 34 heavy (non-hydrogen) atoms. The van der Waals surface area contributed by atoms with E-state index < -0.39 is 5.91 Å². The minimum absolute atomic E-state index is 0.0903. The summed E-state index contributed by atoms with van der Waals surface area (Å²) in [5.74, 6) is 0.0102. The number of hydrogen-bond acceptors (Lipinski definition) is 5. The van der Waals surface area contributed by atoms with E-state index in [1.54, 1.807) is 53.4 Å². The van der Waals surface area contributed by atoms with Crippen LogP contribution in [0.25, 0.3) is 0 Å². The van der Waals surface area contributed by atoms with E-state index in [2.05, 4.69) is 15.6 Å². The van der Waals surface area contributed by atoms with Crippen molar-refractivity contribution in [1.82, 2.24) is 4.98 Å². The maximum Gasteiger partial charge on any atom is 0.259 e. The number of nitrogens with zero attached hydrogens (tertiary/aromatic N) is 2. The number of amides is 3. The zero-order valence-electron chi connectivity index (χ0n) is 18.5. The molecule has 0 spiro atoms. The Morgan fingerprint density at radius 2 is 1.79 bits per heavy atom. The van der Waals surface area contributed by atoms with Crippen LogP contribution >= 0.6 is 11.6 Å². The molecule has 0 saturated carbocycles. The topological polar surface area (TPSA) is 101 Å². The van der Waals surface area contributed by atoms with Crippen LogP contribution in [-0.4, -0.2) is 36.4 Å². The zero-order valence-corrected chi connectivity index (χ0v) is 19.3. The quantitative estimate of drug-likeness (QED) is 0.531. The fourth-order valence-electron chi connectivity index (χ4n) is 3.65. The average Bonchev–Trinajstić information content (AvgIpc) is 2.86. The molecule has 1 aromatic heterocycles. The van der Waals surface area contributed by atoms with E-state index >= 15 is 0 Å². The smallest absolute Gasteiger partial charge is 0.259 e. The number of anilines is 3. The van der Waals surface area contributed by atoms with Gasteiger partial charge in [-0.05, 0) is 67.4 Å². The number of benzene rings is 2. The van der Waals surface area contributed by atoms with Crippen LogP contribution in [0.1, 0.15) is 40.0 Å². The van der Waals surface area contributed by atoms with Gasteiger partial charge in [-0.1, -0.05) is 11.6 Å². The minimum atomic E-state index is -0.469. The number of halogens is 1. The first kappa shape index (κ1) is 23.3. The molecule has 8 nitrogen and oxygen atoms in total. The van der Waals surface area contributed by atoms with Gasteiger partial charge in [-0.3, -0.25) is 14.4 Å². The van der Waals surface area contributed by atoms with Crippen LogP contribution in [0.3, 0.4) is 0 Å². The lowest BCUT2D eigenvalue weighted by Gasteiger charge is -2.26. The first-order valence-corrected chi connectivity index (χ1v) is 11.1. The lowest BCUT2D eigenvalue weighted by molar-refractivity contribution is -0.119. The van der Waals surface area contributed by atoms with Crippen LogP contribution in [-0.2, 0) is 4.79 Å². The number of aromatic nitrogens is 1. The first-order chi connectivity index (χ1) is 16.4. The third kappa shape index (κ3) is 5.35. The summed E-state index contributed by atoms with van der Waals surface area (Å²) in [6.45, 7) is 0.678. The highest BCUT2D eigenvalue weighted by atomic mass is 35.5. The fourth-order valence-corrected chi connectivity index (χ4v) is 3.76. The van der Waals surface area contributed by atoms with Crippen LogP contribution in [0.2, 0.25) is 5.02 Å². The van der Waals surface area contributed by atoms with Gasteiger partial charge in [-0.25, -0.2) is 4.98 Å². The highest BCUT2D eigenvalue weighted by Crippen LogP contribution is 2.25. The van der Waals surface area contributed by atoms with Gasteiger partial charge < -0.3 is 20.3 Å². The third-order valence-corrected chi connectivity index (χ3v) is 5.68. The summed E-state index contributed by atoms with van der Waals surface area (Å²) < 4.78 is 5.24. The van der Waals surface area contributed by atoms with E-state index in [1.165, 1.54) is 19.4 Å². The molecule has 1 aliphatic rings. The van der Waals surface area contributed by atoms with E-state index in [-0.39, 0.29) is 17.4 Å². The van der Waals surface area contributed by atoms with Crippen molar-refractivity contribution in [2.24, 2.45) is 0 Å². The summed E-state index contributed by atoms with van der Waals surface area (Å²) >= 11 is 5.85. The van der Waals surface area contributed by atoms with Crippen LogP contribution in [0.4, 0.5) is 17.2 Å². The third-order valence-electron chi connectivity index (χ3n) is 5.45. The minimum Gasteiger partial charge on any atom is -0.497 e. The number of nitrogens with one attached hydrogen (secondary N) is 2. The van der Waals surface area contributed by atoms with Gasteiger partial charge >= 0.3 is 0 Å². The highest BCUT2D eigenvalue weighted by Gasteiger charge is 2.20. The first-order valence-electron chi connectivity index (χ1n) is 10.8. The summed E-state index contributed by atoms with van der Waals surface area (Å²) in [4.78, 5) is 43.8. The zero-order chi connectivity index (χ0) is 24.1. The standard InChI is InChI=1S/C25H23ClN4O4/c1-34-19-10-11-21(20(14-19)25(33)29-22-12-7-17(26)15-27-22)28-24(32)16-5-8-18(9-6-16)30-13-3-2-4-23(30)31/h5-12,14-15H,2-4,13H2,1H3,(H,28,32)(H,27,29,33). The molecular formula is C25H23ClN4O4. The molecule has 9 heteroatoms. The molecule has 0 atom stereocenters. The number of rotatable bonds is 6. The second kappa shape index (κ2) is 10.4. The molecule has 0 radical (unpaired) electrons. The molecule has 1 fully saturated rings. The van der Waals surface area contributed by atoms with Gasteiger partial charge in [0.1, 0.15) is 11.6 Å². The van der Waals surface area contributed by atoms with E-state index in [0.717, 1.165) is 18.5 Å². The lowest BCUT2D eigenvalue weighted by atomic mass is 10.1. The molecular weight excluding hydrogens is 456 g/mol. The largest absolute Gasteiger partial charge is 0.497 e. The normalized spacial score (nSPS) is 13.4. The Bertz CT molecular complexity index is 1210. The van der Waals surface area contributed by atoms with Crippen molar-refractivity contribution in [1.29, 1.82) is 0 Å². The van der Waals surface area contributed by atoms with Gasteiger partial charge in [0.15, 0.2) is 0 Å². The van der Waals surface area contributed by atoms with Crippen molar-refractivity contribution in [3.05, 3.63) is 76.9 Å². The van der Waals surface area contributed by atoms with E-state index in [9.17, 15) is 14.4 Å². The molecule has 3 aromatic rings. The molecule has 1 aliphatic heterocycles. The number of carbonyl (C=O) groups is 3. The van der Waals surface area contributed by atoms with E-state index in [1.807, 2.05) is 0 Å². The highest BCUT2D eigenvalue weighted by molar-refractivity contribution is 6.30. The summed E-state index contributed by atoms with van der Waals surface area (Å²) in [5.41, 5.74) is 1.68. The number of pyridine rings is 1. The number of ether oxygens (including phenoxy) is 1. The van der Waals surface area contributed by atoms with Gasteiger partial charge in [-0.15, -0.1) is 0 Å². The number of carbonyl (C=O) groups excluding carboxylic acids is 3. The van der Waals surface area contributed by atoms with Gasteiger partial charge in [-0.2, -0.15) is 0 Å². The Kier molecular flexibility index (Phi) is 7.08. The van der Waals surface area contributed by atoms with Gasteiger partial charge in [0.05, 0.1) is 23.4 Å². The second-order valence-electron chi connectivity index (χ2n) is 7.73. The Balaban J connectivity index is 1.52. The lowest BCUT2D eigenvalue weighted by Crippen LogP contribution is -2.35. The van der Waals surface area contributed by atoms with Gasteiger partial charge in [0.25, 0.3) is 11.8 Å². The van der Waals surface area contributed by atoms with E-state index in [4.69, 9.17) is 16.3 Å². The SMILES string of the molecule is COc1ccc(NC(=O)c2ccc(N3CCCCC3=O)cc2)c(C(=O)Nc2ccc(Cl)cn2)c1. The van der Waals surface area contributed by atoms with Crippen LogP contribution in [0.5, 0.6) is 5.75 Å². The number of hydrogen-bond donors (Lipinski definition) is 2. The molecule has 2 heterocycles. The van der Waals surface area contributed by atoms with Gasteiger partial charge in [0, 0.05) is 30.4 Å². The molecule has 0 aliphatic carbocycles. The Morgan fingerprint density at radius 3 is 2.47 bits per heavy atom. The predicted molar refractivity (Wildman–Crippen MR) is 131 cm³/mol. The van der Waals surface area contributed by atoms with Gasteiger partial charge in [0.2, 0.25) is 5.91 Å². The van der Waals surface area contributed by atoms with E-state index in [0.29, 0.717) is 40.8 Å². The van der Waals surface area contributed by atoms with Crippen LogP contribution < -0.4 is 20.3 Å². The fraction of sp³-hybridized carbons (Fsp3) is 0.200. The summed E-state index contributed by atoms with van der Waals surface area (Å²) in [6, 6.07) is 14.8. The maximum atomic E-state index is 12.9. The van der Waals surface area contributed by atoms with Crippen molar-refractivity contribution in [3.63, 3.8) is 0 Å². The van der Waals surface area contributed by atoms with Crippen molar-refractivity contribution >= 4 is 46.5 Å². The predicted octanol–water partition coefficient (Wildman–Crippen LogP) is 4.77. The van der Waals surface area contributed by atoms with Crippen LogP contribution in [0.15, 0.2) is 60.8 Å². The molecule has 0 bridgehead atoms. The van der Waals surface area contributed by atoms with Crippen molar-refractivity contribution in [2.75, 3.05) is 29.2 Å². The average molecular weight is 479 g/mol. The molecule has 1 saturated heterocycles. The molecule has 0 unspecified atom stereocenters. The maximum absolute atomic E-state index is 12.9. The number of methoxy groups -OCH3 is 1. The summed E-state index contributed by atoms with van der Waals surface area (Å²) in [5, 5.41) is 5.92. The Hall–Kier alpha value is -3.91. The molecule has 2 aromatic carbocycles. The Morgan fingerprint density at radius 1 is 1.00 bits per heavy atom.